The maximum atomic E-state index is 12.0. The van der Waals surface area contributed by atoms with Crippen molar-refractivity contribution in [3.8, 4) is 0 Å². The van der Waals surface area contributed by atoms with Crippen LogP contribution in [0.15, 0.2) is 24.3 Å². The Balaban J connectivity index is 2.03. The monoisotopic (exact) mass is 233 g/mol. The molecule has 0 unspecified atom stereocenters. The first-order chi connectivity index (χ1) is 8.16. The number of ketones is 1. The van der Waals surface area contributed by atoms with Crippen molar-refractivity contribution in [2.75, 3.05) is 26.3 Å². The molecule has 17 heavy (non-hydrogen) atoms. The minimum atomic E-state index is -0.114. The molecule has 1 fully saturated rings. The van der Waals surface area contributed by atoms with E-state index in [1.54, 1.807) is 11.0 Å². The van der Waals surface area contributed by atoms with Crippen LogP contribution in [0.2, 0.25) is 0 Å². The van der Waals surface area contributed by atoms with Gasteiger partial charge in [-0.2, -0.15) is 0 Å². The zero-order chi connectivity index (χ0) is 12.3. The van der Waals surface area contributed by atoms with Gasteiger partial charge in [0.05, 0.1) is 13.2 Å². The molecule has 0 spiro atoms. The van der Waals surface area contributed by atoms with Gasteiger partial charge in [-0.1, -0.05) is 23.8 Å². The quantitative estimate of drug-likeness (QED) is 0.733. The Bertz CT molecular complexity index is 442. The number of carbonyl (C=O) groups excluding carboxylic acids is 2. The SMILES string of the molecule is Cc1cccc(C(=O)CN2CCOCC2=O)c1. The van der Waals surface area contributed by atoms with Crippen LogP contribution in [0.1, 0.15) is 15.9 Å². The van der Waals surface area contributed by atoms with Crippen LogP contribution in [-0.2, 0) is 9.53 Å². The van der Waals surface area contributed by atoms with Crippen molar-refractivity contribution < 1.29 is 14.3 Å². The number of amides is 1. The van der Waals surface area contributed by atoms with Crippen LogP contribution in [0, 0.1) is 6.92 Å². The number of aryl methyl sites for hydroxylation is 1. The molecule has 0 bridgehead atoms. The molecular formula is C13H15NO3. The standard InChI is InChI=1S/C13H15NO3/c1-10-3-2-4-11(7-10)12(15)8-14-5-6-17-9-13(14)16/h2-4,7H,5-6,8-9H2,1H3. The maximum Gasteiger partial charge on any atom is 0.249 e. The minimum absolute atomic E-state index is 0.0241. The lowest BCUT2D eigenvalue weighted by molar-refractivity contribution is -0.141. The van der Waals surface area contributed by atoms with Crippen molar-refractivity contribution in [3.05, 3.63) is 35.4 Å². The van der Waals surface area contributed by atoms with Crippen LogP contribution in [0.3, 0.4) is 0 Å². The van der Waals surface area contributed by atoms with Crippen LogP contribution in [0.25, 0.3) is 0 Å². The van der Waals surface area contributed by atoms with Crippen molar-refractivity contribution in [3.63, 3.8) is 0 Å². The molecule has 0 N–H and O–H groups in total. The van der Waals surface area contributed by atoms with Gasteiger partial charge in [0.1, 0.15) is 6.61 Å². The van der Waals surface area contributed by atoms with Gasteiger partial charge in [-0.05, 0) is 13.0 Å². The molecule has 4 heteroatoms. The largest absolute Gasteiger partial charge is 0.370 e. The molecule has 1 amide bonds. The second-order valence-corrected chi connectivity index (χ2v) is 4.16. The molecule has 1 aliphatic heterocycles. The molecule has 1 aliphatic rings. The van der Waals surface area contributed by atoms with E-state index < -0.39 is 0 Å². The number of rotatable bonds is 3. The Morgan fingerprint density at radius 3 is 3.00 bits per heavy atom. The summed E-state index contributed by atoms with van der Waals surface area (Å²) in [6.45, 7) is 3.17. The third-order valence-corrected chi connectivity index (χ3v) is 2.76. The molecule has 0 radical (unpaired) electrons. The molecule has 1 aromatic carbocycles. The summed E-state index contributed by atoms with van der Waals surface area (Å²) in [5.41, 5.74) is 1.70. The van der Waals surface area contributed by atoms with E-state index in [0.717, 1.165) is 5.56 Å². The van der Waals surface area contributed by atoms with Crippen molar-refractivity contribution in [2.45, 2.75) is 6.92 Å². The Kier molecular flexibility index (Phi) is 3.54. The Morgan fingerprint density at radius 2 is 2.29 bits per heavy atom. The summed E-state index contributed by atoms with van der Waals surface area (Å²) in [6, 6.07) is 7.41. The van der Waals surface area contributed by atoms with Crippen LogP contribution < -0.4 is 0 Å². The van der Waals surface area contributed by atoms with Gasteiger partial charge < -0.3 is 9.64 Å². The highest BCUT2D eigenvalue weighted by Gasteiger charge is 2.21. The predicted octanol–water partition coefficient (Wildman–Crippen LogP) is 1.04. The number of hydrogen-bond acceptors (Lipinski definition) is 3. The summed E-state index contributed by atoms with van der Waals surface area (Å²) in [6.07, 6.45) is 0. The van der Waals surface area contributed by atoms with Crippen LogP contribution in [0.4, 0.5) is 0 Å². The number of nitrogens with zero attached hydrogens (tertiary/aromatic N) is 1. The number of Topliss-reactive ketones (excluding diaryl/α,β-unsaturated/α-hetero) is 1. The fraction of sp³-hybridized carbons (Fsp3) is 0.385. The van der Waals surface area contributed by atoms with Gasteiger partial charge in [0, 0.05) is 12.1 Å². The third kappa shape index (κ3) is 2.91. The molecule has 1 heterocycles. The first-order valence-electron chi connectivity index (χ1n) is 5.62. The predicted molar refractivity (Wildman–Crippen MR) is 62.9 cm³/mol. The highest BCUT2D eigenvalue weighted by Crippen LogP contribution is 2.07. The smallest absolute Gasteiger partial charge is 0.249 e. The topological polar surface area (TPSA) is 46.6 Å². The Labute approximate surface area is 100 Å². The molecule has 0 atom stereocenters. The normalized spacial score (nSPS) is 16.1. The van der Waals surface area contributed by atoms with Crippen molar-refractivity contribution in [1.82, 2.24) is 4.90 Å². The zero-order valence-electron chi connectivity index (χ0n) is 9.81. The Hall–Kier alpha value is -1.68. The number of hydrogen-bond donors (Lipinski definition) is 0. The van der Waals surface area contributed by atoms with Gasteiger partial charge in [-0.15, -0.1) is 0 Å². The molecule has 0 aromatic heterocycles. The van der Waals surface area contributed by atoms with Crippen LogP contribution >= 0.6 is 0 Å². The number of carbonyl (C=O) groups is 2. The van der Waals surface area contributed by atoms with E-state index in [1.165, 1.54) is 0 Å². The molecule has 1 aromatic rings. The minimum Gasteiger partial charge on any atom is -0.370 e. The fourth-order valence-electron chi connectivity index (χ4n) is 1.80. The van der Waals surface area contributed by atoms with E-state index in [9.17, 15) is 9.59 Å². The molecule has 0 aliphatic carbocycles. The lowest BCUT2D eigenvalue weighted by Crippen LogP contribution is -2.44. The number of morpholine rings is 1. The molecule has 2 rings (SSSR count). The van der Waals surface area contributed by atoms with E-state index in [1.807, 2.05) is 25.1 Å². The van der Waals surface area contributed by atoms with Gasteiger partial charge in [0.25, 0.3) is 0 Å². The number of benzene rings is 1. The lowest BCUT2D eigenvalue weighted by atomic mass is 10.1. The highest BCUT2D eigenvalue weighted by molar-refractivity contribution is 5.99. The highest BCUT2D eigenvalue weighted by atomic mass is 16.5. The van der Waals surface area contributed by atoms with E-state index in [4.69, 9.17) is 4.74 Å². The molecule has 4 nitrogen and oxygen atoms in total. The second-order valence-electron chi connectivity index (χ2n) is 4.16. The summed E-state index contributed by atoms with van der Waals surface area (Å²) in [7, 11) is 0. The maximum absolute atomic E-state index is 12.0. The molecule has 0 saturated carbocycles. The Morgan fingerprint density at radius 1 is 1.47 bits per heavy atom. The van der Waals surface area contributed by atoms with Gasteiger partial charge in [0.2, 0.25) is 5.91 Å². The number of ether oxygens (including phenoxy) is 1. The summed E-state index contributed by atoms with van der Waals surface area (Å²) >= 11 is 0. The average molecular weight is 233 g/mol. The van der Waals surface area contributed by atoms with Crippen molar-refractivity contribution >= 4 is 11.7 Å². The fourth-order valence-corrected chi connectivity index (χ4v) is 1.80. The van der Waals surface area contributed by atoms with Crippen LogP contribution in [0.5, 0.6) is 0 Å². The van der Waals surface area contributed by atoms with Gasteiger partial charge in [-0.3, -0.25) is 9.59 Å². The van der Waals surface area contributed by atoms with Crippen LogP contribution in [-0.4, -0.2) is 42.9 Å². The molecular weight excluding hydrogens is 218 g/mol. The molecule has 90 valence electrons. The van der Waals surface area contributed by atoms with E-state index in [-0.39, 0.29) is 24.8 Å². The summed E-state index contributed by atoms with van der Waals surface area (Å²) in [5.74, 6) is -0.138. The first kappa shape index (κ1) is 11.8. The summed E-state index contributed by atoms with van der Waals surface area (Å²) in [4.78, 5) is 25.0. The van der Waals surface area contributed by atoms with E-state index >= 15 is 0 Å². The second kappa shape index (κ2) is 5.10. The zero-order valence-corrected chi connectivity index (χ0v) is 9.81. The third-order valence-electron chi connectivity index (χ3n) is 2.76. The summed E-state index contributed by atoms with van der Waals surface area (Å²) < 4.78 is 5.02. The van der Waals surface area contributed by atoms with E-state index in [2.05, 4.69) is 0 Å². The van der Waals surface area contributed by atoms with Crippen molar-refractivity contribution in [1.29, 1.82) is 0 Å². The van der Waals surface area contributed by atoms with Gasteiger partial charge >= 0.3 is 0 Å². The van der Waals surface area contributed by atoms with Crippen molar-refractivity contribution in [2.24, 2.45) is 0 Å². The summed E-state index contributed by atoms with van der Waals surface area (Å²) in [5, 5.41) is 0. The average Bonchev–Trinajstić information content (AvgIpc) is 2.32. The van der Waals surface area contributed by atoms with Gasteiger partial charge in [-0.25, -0.2) is 0 Å². The van der Waals surface area contributed by atoms with E-state index in [0.29, 0.717) is 18.7 Å². The molecule has 1 saturated heterocycles. The lowest BCUT2D eigenvalue weighted by Gasteiger charge is -2.26. The van der Waals surface area contributed by atoms with Gasteiger partial charge in [0.15, 0.2) is 5.78 Å². The first-order valence-corrected chi connectivity index (χ1v) is 5.62.